The fourth-order valence-electron chi connectivity index (χ4n) is 4.79. The highest BCUT2D eigenvalue weighted by Crippen LogP contribution is 2.48. The molecule has 0 N–H and O–H groups in total. The van der Waals surface area contributed by atoms with Crippen LogP contribution in [-0.2, 0) is 9.59 Å². The van der Waals surface area contributed by atoms with Gasteiger partial charge in [-0.3, -0.25) is 9.59 Å². The maximum atomic E-state index is 13.4. The fourth-order valence-corrected chi connectivity index (χ4v) is 4.79. The van der Waals surface area contributed by atoms with E-state index in [1.807, 2.05) is 49.4 Å². The number of fused-ring (bicyclic) bond motifs is 3. The van der Waals surface area contributed by atoms with Gasteiger partial charge in [-0.1, -0.05) is 42.5 Å². The molecule has 26 heavy (non-hydrogen) atoms. The summed E-state index contributed by atoms with van der Waals surface area (Å²) in [5.74, 6) is -0.504. The predicted octanol–water partition coefficient (Wildman–Crippen LogP) is 2.53. The van der Waals surface area contributed by atoms with Gasteiger partial charge in [-0.05, 0) is 36.6 Å². The van der Waals surface area contributed by atoms with E-state index < -0.39 is 0 Å². The molecule has 3 atom stereocenters. The van der Waals surface area contributed by atoms with Crippen LogP contribution in [0.25, 0.3) is 0 Å². The maximum Gasteiger partial charge on any atom is 0.253 e. The highest BCUT2D eigenvalue weighted by Gasteiger charge is 2.62. The van der Waals surface area contributed by atoms with Crippen LogP contribution in [0.5, 0.6) is 0 Å². The molecule has 3 aliphatic heterocycles. The van der Waals surface area contributed by atoms with Crippen molar-refractivity contribution >= 4 is 17.5 Å². The summed E-state index contributed by atoms with van der Waals surface area (Å²) in [5.41, 5.74) is 2.84. The summed E-state index contributed by atoms with van der Waals surface area (Å²) in [7, 11) is 0. The Labute approximate surface area is 152 Å². The molecule has 132 valence electrons. The lowest BCUT2D eigenvalue weighted by atomic mass is 9.90. The van der Waals surface area contributed by atoms with Gasteiger partial charge in [0.2, 0.25) is 5.91 Å². The molecular formula is C21H21N3O2. The van der Waals surface area contributed by atoms with Crippen LogP contribution in [0.4, 0.5) is 5.69 Å². The molecule has 3 aliphatic rings. The number of nitrogens with zero attached hydrogens (tertiary/aromatic N) is 3. The number of hydrogen-bond donors (Lipinski definition) is 0. The number of rotatable bonds is 2. The van der Waals surface area contributed by atoms with Crippen LogP contribution in [0.2, 0.25) is 0 Å². The molecule has 5 nitrogen and oxygen atoms in total. The molecule has 0 saturated carbocycles. The molecular weight excluding hydrogens is 326 g/mol. The first-order valence-electron chi connectivity index (χ1n) is 9.19. The van der Waals surface area contributed by atoms with E-state index in [4.69, 9.17) is 0 Å². The van der Waals surface area contributed by atoms with Gasteiger partial charge < -0.3 is 0 Å². The molecule has 2 amide bonds. The van der Waals surface area contributed by atoms with Crippen molar-refractivity contribution in [1.29, 1.82) is 0 Å². The van der Waals surface area contributed by atoms with E-state index in [0.29, 0.717) is 5.69 Å². The van der Waals surface area contributed by atoms with E-state index >= 15 is 0 Å². The van der Waals surface area contributed by atoms with Crippen molar-refractivity contribution in [2.45, 2.75) is 25.4 Å². The minimum absolute atomic E-state index is 0.0602. The number of carbonyl (C=O) groups is 2. The van der Waals surface area contributed by atoms with Gasteiger partial charge in [-0.25, -0.2) is 14.9 Å². The van der Waals surface area contributed by atoms with Crippen molar-refractivity contribution in [3.8, 4) is 0 Å². The van der Waals surface area contributed by atoms with Crippen LogP contribution in [0.15, 0.2) is 54.6 Å². The zero-order valence-electron chi connectivity index (χ0n) is 14.7. The number of benzene rings is 2. The molecule has 2 aromatic carbocycles. The standard InChI is InChI=1S/C21H21N3O2/c1-14-7-5-10-16(13-14)24-20(25)17-18(15-8-3-2-4-9-15)22-11-6-12-23(22)19(17)21(24)26/h2-5,7-10,13,17-19H,6,11-12H2,1H3/t17-,18+,19+/m0/s1. The van der Waals surface area contributed by atoms with Crippen LogP contribution in [-0.4, -0.2) is 41.0 Å². The largest absolute Gasteiger partial charge is 0.274 e. The predicted molar refractivity (Wildman–Crippen MR) is 98.2 cm³/mol. The molecule has 0 aliphatic carbocycles. The molecule has 2 aromatic rings. The lowest BCUT2D eigenvalue weighted by molar-refractivity contribution is -0.126. The van der Waals surface area contributed by atoms with Crippen molar-refractivity contribution < 1.29 is 9.59 Å². The second-order valence-electron chi connectivity index (χ2n) is 7.36. The summed E-state index contributed by atoms with van der Waals surface area (Å²) in [6.07, 6.45) is 1.03. The topological polar surface area (TPSA) is 43.9 Å². The number of carbonyl (C=O) groups excluding carboxylic acids is 2. The quantitative estimate of drug-likeness (QED) is 0.783. The molecule has 5 heteroatoms. The number of amides is 2. The molecule has 0 radical (unpaired) electrons. The Bertz CT molecular complexity index is 882. The van der Waals surface area contributed by atoms with Gasteiger partial charge in [0, 0.05) is 13.1 Å². The normalized spacial score (nSPS) is 28.7. The first-order valence-corrected chi connectivity index (χ1v) is 9.19. The molecule has 5 rings (SSSR count). The third-order valence-corrected chi connectivity index (χ3v) is 5.81. The summed E-state index contributed by atoms with van der Waals surface area (Å²) >= 11 is 0. The lowest BCUT2D eigenvalue weighted by Gasteiger charge is -2.29. The minimum Gasteiger partial charge on any atom is -0.274 e. The summed E-state index contributed by atoms with van der Waals surface area (Å²) in [4.78, 5) is 28.1. The number of imide groups is 1. The van der Waals surface area contributed by atoms with Gasteiger partial charge in [0.05, 0.1) is 17.6 Å². The lowest BCUT2D eigenvalue weighted by Crippen LogP contribution is -2.44. The second-order valence-corrected chi connectivity index (χ2v) is 7.36. The Hall–Kier alpha value is -2.50. The minimum atomic E-state index is -0.379. The molecule has 0 unspecified atom stereocenters. The van der Waals surface area contributed by atoms with Crippen molar-refractivity contribution in [1.82, 2.24) is 10.0 Å². The Kier molecular flexibility index (Phi) is 3.48. The Morgan fingerprint density at radius 3 is 2.31 bits per heavy atom. The van der Waals surface area contributed by atoms with Crippen LogP contribution in [0, 0.1) is 12.8 Å². The van der Waals surface area contributed by atoms with Gasteiger partial charge in [0.15, 0.2) is 0 Å². The maximum absolute atomic E-state index is 13.4. The van der Waals surface area contributed by atoms with E-state index in [9.17, 15) is 9.59 Å². The summed E-state index contributed by atoms with van der Waals surface area (Å²) in [6.45, 7) is 3.72. The number of hydrazine groups is 1. The van der Waals surface area contributed by atoms with Gasteiger partial charge in [0.1, 0.15) is 6.04 Å². The van der Waals surface area contributed by atoms with Crippen molar-refractivity contribution in [2.24, 2.45) is 5.92 Å². The molecule has 0 spiro atoms. The van der Waals surface area contributed by atoms with Crippen molar-refractivity contribution in [2.75, 3.05) is 18.0 Å². The summed E-state index contributed by atoms with van der Waals surface area (Å²) < 4.78 is 0. The first-order chi connectivity index (χ1) is 12.7. The third-order valence-electron chi connectivity index (χ3n) is 5.81. The van der Waals surface area contributed by atoms with Crippen molar-refractivity contribution in [3.63, 3.8) is 0 Å². The van der Waals surface area contributed by atoms with E-state index in [0.717, 1.165) is 30.6 Å². The molecule has 0 aromatic heterocycles. The molecule has 3 fully saturated rings. The van der Waals surface area contributed by atoms with E-state index in [2.05, 4.69) is 22.2 Å². The molecule has 3 heterocycles. The van der Waals surface area contributed by atoms with Crippen LogP contribution < -0.4 is 4.90 Å². The number of anilines is 1. The van der Waals surface area contributed by atoms with E-state index in [1.54, 1.807) is 0 Å². The van der Waals surface area contributed by atoms with Gasteiger partial charge in [0.25, 0.3) is 5.91 Å². The van der Waals surface area contributed by atoms with Crippen LogP contribution in [0.3, 0.4) is 0 Å². The zero-order chi connectivity index (χ0) is 17.8. The van der Waals surface area contributed by atoms with E-state index in [-0.39, 0.29) is 29.8 Å². The monoisotopic (exact) mass is 347 g/mol. The van der Waals surface area contributed by atoms with Crippen molar-refractivity contribution in [3.05, 3.63) is 65.7 Å². The SMILES string of the molecule is Cc1cccc(N2C(=O)[C@H]3[C@@H](c4ccccc4)N4CCCN4[C@H]3C2=O)c1. The highest BCUT2D eigenvalue weighted by molar-refractivity contribution is 6.24. The second kappa shape index (κ2) is 5.76. The molecule has 3 saturated heterocycles. The van der Waals surface area contributed by atoms with Crippen LogP contribution in [0.1, 0.15) is 23.6 Å². The number of hydrogen-bond acceptors (Lipinski definition) is 4. The van der Waals surface area contributed by atoms with Crippen LogP contribution >= 0.6 is 0 Å². The Morgan fingerprint density at radius 1 is 0.846 bits per heavy atom. The molecule has 0 bridgehead atoms. The smallest absolute Gasteiger partial charge is 0.253 e. The average molecular weight is 347 g/mol. The van der Waals surface area contributed by atoms with Gasteiger partial charge in [-0.15, -0.1) is 0 Å². The Morgan fingerprint density at radius 2 is 1.58 bits per heavy atom. The summed E-state index contributed by atoms with van der Waals surface area (Å²) in [5, 5.41) is 4.38. The third kappa shape index (κ3) is 2.11. The first kappa shape index (κ1) is 15.7. The average Bonchev–Trinajstić information content (AvgIpc) is 3.28. The fraction of sp³-hybridized carbons (Fsp3) is 0.333. The highest BCUT2D eigenvalue weighted by atomic mass is 16.2. The summed E-state index contributed by atoms with van der Waals surface area (Å²) in [6, 6.07) is 17.3. The van der Waals surface area contributed by atoms with Gasteiger partial charge >= 0.3 is 0 Å². The Balaban J connectivity index is 1.60. The zero-order valence-corrected chi connectivity index (χ0v) is 14.7. The number of aryl methyl sites for hydroxylation is 1. The van der Waals surface area contributed by atoms with Gasteiger partial charge in [-0.2, -0.15) is 0 Å². The van der Waals surface area contributed by atoms with E-state index in [1.165, 1.54) is 4.90 Å².